The van der Waals surface area contributed by atoms with E-state index in [-0.39, 0.29) is 51.2 Å². The van der Waals surface area contributed by atoms with Gasteiger partial charge in [0.05, 0.1) is 0 Å². The van der Waals surface area contributed by atoms with Crippen molar-refractivity contribution in [3.05, 3.63) is 0 Å². The molecular formula is Al2O5Si. The molecule has 0 aliphatic carbocycles. The molecule has 0 N–H and O–H groups in total. The third-order valence-electron chi connectivity index (χ3n) is 0. The molecule has 0 radical (unpaired) electrons. The van der Waals surface area contributed by atoms with Gasteiger partial charge in [0.15, 0.2) is 0 Å². The SMILES string of the molecule is O=[Si]=O.[Al+3].[Al+3].[O-2].[O-2].[O-2]. The van der Waals surface area contributed by atoms with Crippen LogP contribution in [0.3, 0.4) is 0 Å². The Morgan fingerprint density at radius 2 is 0.750 bits per heavy atom. The smallest absolute Gasteiger partial charge is 2.00 e. The number of rotatable bonds is 0. The molecule has 0 fully saturated rings. The van der Waals surface area contributed by atoms with Crippen LogP contribution < -0.4 is 0 Å². The third kappa shape index (κ3) is 387. The van der Waals surface area contributed by atoms with E-state index in [2.05, 4.69) is 0 Å². The molecule has 8 heteroatoms. The van der Waals surface area contributed by atoms with Crippen molar-refractivity contribution >= 4 is 44.0 Å². The van der Waals surface area contributed by atoms with Gasteiger partial charge in [0, 0.05) is 0 Å². The summed E-state index contributed by atoms with van der Waals surface area (Å²) >= 11 is 0. The zero-order valence-electron chi connectivity index (χ0n) is 3.70. The minimum atomic E-state index is -1.42. The van der Waals surface area contributed by atoms with Gasteiger partial charge < -0.3 is 16.4 Å². The molecule has 40 valence electrons. The van der Waals surface area contributed by atoms with E-state index in [1.165, 1.54) is 0 Å². The Morgan fingerprint density at radius 3 is 0.750 bits per heavy atom. The Morgan fingerprint density at radius 1 is 0.750 bits per heavy atom. The first-order valence-corrected chi connectivity index (χ1v) is 1.22. The molecule has 0 atom stereocenters. The van der Waals surface area contributed by atoms with E-state index in [4.69, 9.17) is 8.92 Å². The minimum Gasteiger partial charge on any atom is -2.00 e. The van der Waals surface area contributed by atoms with Crippen LogP contribution in [-0.4, -0.2) is 44.0 Å². The molecule has 5 nitrogen and oxygen atoms in total. The zero-order chi connectivity index (χ0) is 2.71. The van der Waals surface area contributed by atoms with Crippen molar-refractivity contribution in [2.24, 2.45) is 0 Å². The second-order valence-electron chi connectivity index (χ2n) is 0.0833. The van der Waals surface area contributed by atoms with E-state index in [0.29, 0.717) is 0 Å². The zero-order valence-corrected chi connectivity index (χ0v) is 7.01. The molecule has 0 unspecified atom stereocenters. The quantitative estimate of drug-likeness (QED) is 0.393. The molecule has 0 rings (SSSR count). The monoisotopic (exact) mass is 162 g/mol. The Labute approximate surface area is 69.6 Å². The average Bonchev–Trinajstić information content (AvgIpc) is 0.918. The van der Waals surface area contributed by atoms with Crippen molar-refractivity contribution in [1.29, 1.82) is 0 Å². The number of hydrogen-bond donors (Lipinski definition) is 0. The van der Waals surface area contributed by atoms with Crippen LogP contribution in [0.4, 0.5) is 0 Å². The predicted octanol–water partition coefficient (Wildman–Crippen LogP) is -1.74. The first-order chi connectivity index (χ1) is 1.41. The van der Waals surface area contributed by atoms with E-state index in [9.17, 15) is 0 Å². The summed E-state index contributed by atoms with van der Waals surface area (Å²) in [5.41, 5.74) is 0. The van der Waals surface area contributed by atoms with Gasteiger partial charge in [-0.25, -0.2) is 0 Å². The second-order valence-corrected chi connectivity index (χ2v) is 0.250. The summed E-state index contributed by atoms with van der Waals surface area (Å²) in [5, 5.41) is 0. The third-order valence-corrected chi connectivity index (χ3v) is 0. The van der Waals surface area contributed by atoms with Crippen LogP contribution in [0.5, 0.6) is 0 Å². The van der Waals surface area contributed by atoms with Crippen LogP contribution in [-0.2, 0) is 25.4 Å². The van der Waals surface area contributed by atoms with Gasteiger partial charge in [0.2, 0.25) is 0 Å². The largest absolute Gasteiger partial charge is 3.00 e. The predicted molar refractivity (Wildman–Crippen MR) is 20.7 cm³/mol. The van der Waals surface area contributed by atoms with Gasteiger partial charge in [-0.1, -0.05) is 0 Å². The fourth-order valence-electron chi connectivity index (χ4n) is 0. The molecule has 0 saturated heterocycles. The molecule has 0 amide bonds. The van der Waals surface area contributed by atoms with Crippen LogP contribution in [0.2, 0.25) is 0 Å². The van der Waals surface area contributed by atoms with Gasteiger partial charge in [0.1, 0.15) is 0 Å². The van der Waals surface area contributed by atoms with Crippen LogP contribution in [0.25, 0.3) is 0 Å². The van der Waals surface area contributed by atoms with Crippen LogP contribution in [0.1, 0.15) is 0 Å². The van der Waals surface area contributed by atoms with Crippen molar-refractivity contribution in [1.82, 2.24) is 0 Å². The first kappa shape index (κ1) is 69.2. The molecule has 0 aromatic heterocycles. The summed E-state index contributed by atoms with van der Waals surface area (Å²) in [6.45, 7) is 0. The second kappa shape index (κ2) is 114. The van der Waals surface area contributed by atoms with Crippen LogP contribution >= 0.6 is 0 Å². The van der Waals surface area contributed by atoms with E-state index in [0.717, 1.165) is 0 Å². The van der Waals surface area contributed by atoms with E-state index < -0.39 is 9.29 Å². The molecule has 0 spiro atoms. The molecule has 0 saturated carbocycles. The van der Waals surface area contributed by atoms with Crippen LogP contribution in [0, 0.1) is 0 Å². The van der Waals surface area contributed by atoms with Gasteiger partial charge >= 0.3 is 44.0 Å². The molecule has 0 aliphatic heterocycles. The Bertz CT molecular complexity index is 31.4. The van der Waals surface area contributed by atoms with E-state index in [1.807, 2.05) is 0 Å². The Balaban J connectivity index is -0.00000000200. The van der Waals surface area contributed by atoms with Gasteiger partial charge in [0.25, 0.3) is 0 Å². The standard InChI is InChI=1S/2Al.O2Si.3O/c;;1-3-2;;;/q2*+3;;3*-2. The fourth-order valence-corrected chi connectivity index (χ4v) is 0. The average molecular weight is 162 g/mol. The summed E-state index contributed by atoms with van der Waals surface area (Å²) in [4.78, 5) is 0. The normalized spacial score (nSPS) is 1.00. The van der Waals surface area contributed by atoms with E-state index >= 15 is 0 Å². The van der Waals surface area contributed by atoms with Crippen molar-refractivity contribution in [2.45, 2.75) is 0 Å². The summed E-state index contributed by atoms with van der Waals surface area (Å²) in [5.74, 6) is 0. The van der Waals surface area contributed by atoms with Crippen molar-refractivity contribution in [3.8, 4) is 0 Å². The number of hydrogen-bond acceptors (Lipinski definition) is 2. The van der Waals surface area contributed by atoms with Crippen molar-refractivity contribution in [2.75, 3.05) is 0 Å². The summed E-state index contributed by atoms with van der Waals surface area (Å²) in [7, 11) is -1.42. The summed E-state index contributed by atoms with van der Waals surface area (Å²) < 4.78 is 16.8. The summed E-state index contributed by atoms with van der Waals surface area (Å²) in [6, 6.07) is 0. The molecule has 0 bridgehead atoms. The van der Waals surface area contributed by atoms with Crippen LogP contribution in [0.15, 0.2) is 0 Å². The maximum absolute atomic E-state index is 8.40. The molecule has 0 aromatic carbocycles. The molecule has 8 heavy (non-hydrogen) atoms. The molecule has 0 heterocycles. The topological polar surface area (TPSA) is 120 Å². The maximum Gasteiger partial charge on any atom is 3.00 e. The Kier molecular flexibility index (Phi) is 989. The Hall–Kier alpha value is 0.762. The van der Waals surface area contributed by atoms with Crippen molar-refractivity contribution in [3.63, 3.8) is 0 Å². The molecular weight excluding hydrogens is 162 g/mol. The first-order valence-electron chi connectivity index (χ1n) is 0.408. The van der Waals surface area contributed by atoms with Crippen molar-refractivity contribution < 1.29 is 25.4 Å². The molecule has 0 aliphatic rings. The molecule has 0 aromatic rings. The van der Waals surface area contributed by atoms with Gasteiger partial charge in [-0.3, -0.25) is 8.92 Å². The maximum atomic E-state index is 8.40. The minimum absolute atomic E-state index is 0. The van der Waals surface area contributed by atoms with Gasteiger partial charge in [-0.2, -0.15) is 0 Å². The fraction of sp³-hybridized carbons (Fsp3) is 0. The van der Waals surface area contributed by atoms with Gasteiger partial charge in [-0.15, -0.1) is 0 Å². The van der Waals surface area contributed by atoms with E-state index in [1.54, 1.807) is 0 Å². The van der Waals surface area contributed by atoms with Gasteiger partial charge in [-0.05, 0) is 0 Å². The summed E-state index contributed by atoms with van der Waals surface area (Å²) in [6.07, 6.45) is 0.